The fourth-order valence-corrected chi connectivity index (χ4v) is 2.82. The third-order valence-electron chi connectivity index (χ3n) is 4.27. The maximum Gasteiger partial charge on any atom is 0.245 e. The summed E-state index contributed by atoms with van der Waals surface area (Å²) in [6.07, 6.45) is 0. The molecule has 0 radical (unpaired) electrons. The number of benzene rings is 1. The van der Waals surface area contributed by atoms with E-state index in [0.29, 0.717) is 13.1 Å². The van der Waals surface area contributed by atoms with Crippen molar-refractivity contribution in [3.8, 4) is 0 Å². The van der Waals surface area contributed by atoms with E-state index < -0.39 is 11.9 Å². The van der Waals surface area contributed by atoms with Gasteiger partial charge in [-0.2, -0.15) is 0 Å². The topological polar surface area (TPSA) is 95.7 Å². The van der Waals surface area contributed by atoms with Gasteiger partial charge in [-0.1, -0.05) is 30.3 Å². The van der Waals surface area contributed by atoms with Gasteiger partial charge in [0.15, 0.2) is 0 Å². The highest BCUT2D eigenvalue weighted by molar-refractivity contribution is 5.91. The van der Waals surface area contributed by atoms with E-state index in [1.54, 1.807) is 11.8 Å². The van der Waals surface area contributed by atoms with Crippen molar-refractivity contribution in [1.29, 1.82) is 0 Å². The zero-order valence-electron chi connectivity index (χ0n) is 14.1. The molecule has 2 atom stereocenters. The van der Waals surface area contributed by atoms with Crippen LogP contribution in [-0.4, -0.2) is 59.7 Å². The molecule has 7 nitrogen and oxygen atoms in total. The molecule has 3 N–H and O–H groups in total. The molecule has 1 fully saturated rings. The number of nitrogens with one attached hydrogen (secondary N) is 1. The van der Waals surface area contributed by atoms with E-state index in [-0.39, 0.29) is 30.9 Å². The summed E-state index contributed by atoms with van der Waals surface area (Å²) in [7, 11) is 0. The van der Waals surface area contributed by atoms with E-state index in [1.165, 1.54) is 4.90 Å². The molecule has 2 rings (SSSR count). The van der Waals surface area contributed by atoms with E-state index in [9.17, 15) is 14.4 Å². The smallest absolute Gasteiger partial charge is 0.245 e. The maximum absolute atomic E-state index is 12.4. The standard InChI is InChI=1S/C17H24N4O3/c1-12(14-6-4-3-5-7-14)19-10-16(23)21-9-8-20(11-15(18)22)17(24)13(21)2/h3-7,12-13,19H,8-11H2,1-2H3,(H2,18,22)/t12-,13-/m1/s1. The van der Waals surface area contributed by atoms with Crippen LogP contribution in [0.15, 0.2) is 30.3 Å². The molecular weight excluding hydrogens is 308 g/mol. The molecule has 130 valence electrons. The van der Waals surface area contributed by atoms with Crippen LogP contribution in [0.25, 0.3) is 0 Å². The summed E-state index contributed by atoms with van der Waals surface area (Å²) in [5.41, 5.74) is 6.24. The van der Waals surface area contributed by atoms with Gasteiger partial charge in [-0.05, 0) is 19.4 Å². The number of nitrogens with zero attached hydrogens (tertiary/aromatic N) is 2. The van der Waals surface area contributed by atoms with Gasteiger partial charge in [-0.15, -0.1) is 0 Å². The molecule has 0 bridgehead atoms. The SMILES string of the molecule is C[C@@H]1C(=O)N(CC(N)=O)CCN1C(=O)CN[C@H](C)c1ccccc1. The molecule has 1 aromatic carbocycles. The van der Waals surface area contributed by atoms with E-state index in [2.05, 4.69) is 5.32 Å². The fraction of sp³-hybridized carbons (Fsp3) is 0.471. The van der Waals surface area contributed by atoms with Crippen molar-refractivity contribution in [2.45, 2.75) is 25.9 Å². The number of amides is 3. The van der Waals surface area contributed by atoms with Gasteiger partial charge in [-0.3, -0.25) is 14.4 Å². The minimum absolute atomic E-state index is 0.0392. The molecule has 3 amide bonds. The highest BCUT2D eigenvalue weighted by Gasteiger charge is 2.34. The normalized spacial score (nSPS) is 19.2. The first-order valence-electron chi connectivity index (χ1n) is 8.05. The zero-order chi connectivity index (χ0) is 17.7. The molecular formula is C17H24N4O3. The van der Waals surface area contributed by atoms with Gasteiger partial charge in [0.2, 0.25) is 17.7 Å². The van der Waals surface area contributed by atoms with Gasteiger partial charge in [0, 0.05) is 19.1 Å². The second-order valence-corrected chi connectivity index (χ2v) is 6.00. The van der Waals surface area contributed by atoms with E-state index >= 15 is 0 Å². The van der Waals surface area contributed by atoms with Crippen LogP contribution in [0.4, 0.5) is 0 Å². The van der Waals surface area contributed by atoms with Gasteiger partial charge in [0.25, 0.3) is 0 Å². The van der Waals surface area contributed by atoms with Crippen LogP contribution < -0.4 is 11.1 Å². The average molecular weight is 332 g/mol. The van der Waals surface area contributed by atoms with Crippen molar-refractivity contribution in [3.05, 3.63) is 35.9 Å². The Morgan fingerprint density at radius 1 is 1.29 bits per heavy atom. The molecule has 1 saturated heterocycles. The van der Waals surface area contributed by atoms with Gasteiger partial charge < -0.3 is 20.9 Å². The average Bonchev–Trinajstić information content (AvgIpc) is 2.57. The van der Waals surface area contributed by atoms with E-state index in [1.807, 2.05) is 37.3 Å². The molecule has 0 aliphatic carbocycles. The van der Waals surface area contributed by atoms with Gasteiger partial charge in [-0.25, -0.2) is 0 Å². The number of hydrogen-bond acceptors (Lipinski definition) is 4. The minimum atomic E-state index is -0.584. The first-order valence-corrected chi connectivity index (χ1v) is 8.05. The number of carbonyl (C=O) groups is 3. The van der Waals surface area contributed by atoms with Crippen LogP contribution in [0.2, 0.25) is 0 Å². The maximum atomic E-state index is 12.4. The van der Waals surface area contributed by atoms with Crippen LogP contribution in [0.5, 0.6) is 0 Å². The molecule has 7 heteroatoms. The second-order valence-electron chi connectivity index (χ2n) is 6.00. The number of piperazine rings is 1. The lowest BCUT2D eigenvalue weighted by atomic mass is 10.1. The predicted octanol–water partition coefficient (Wildman–Crippen LogP) is -0.118. The minimum Gasteiger partial charge on any atom is -0.368 e. The highest BCUT2D eigenvalue weighted by atomic mass is 16.2. The Morgan fingerprint density at radius 2 is 1.96 bits per heavy atom. The predicted molar refractivity (Wildman–Crippen MR) is 89.8 cm³/mol. The summed E-state index contributed by atoms with van der Waals surface area (Å²) in [6.45, 7) is 4.44. The van der Waals surface area contributed by atoms with Crippen LogP contribution in [0.3, 0.4) is 0 Å². The van der Waals surface area contributed by atoms with Crippen LogP contribution in [-0.2, 0) is 14.4 Å². The van der Waals surface area contributed by atoms with Crippen molar-refractivity contribution in [2.24, 2.45) is 5.73 Å². The van der Waals surface area contributed by atoms with Gasteiger partial charge in [0.05, 0.1) is 13.1 Å². The monoisotopic (exact) mass is 332 g/mol. The molecule has 0 aromatic heterocycles. The van der Waals surface area contributed by atoms with Crippen LogP contribution in [0, 0.1) is 0 Å². The second kappa shape index (κ2) is 7.92. The summed E-state index contributed by atoms with van der Waals surface area (Å²) >= 11 is 0. The molecule has 1 aliphatic heterocycles. The van der Waals surface area contributed by atoms with E-state index in [4.69, 9.17) is 5.73 Å². The third kappa shape index (κ3) is 4.32. The fourth-order valence-electron chi connectivity index (χ4n) is 2.82. The summed E-state index contributed by atoms with van der Waals surface area (Å²) < 4.78 is 0. The van der Waals surface area contributed by atoms with Gasteiger partial charge >= 0.3 is 0 Å². The third-order valence-corrected chi connectivity index (χ3v) is 4.27. The number of primary amides is 1. The van der Waals surface area contributed by atoms with Gasteiger partial charge in [0.1, 0.15) is 6.04 Å². The lowest BCUT2D eigenvalue weighted by molar-refractivity contribution is -0.151. The first kappa shape index (κ1) is 17.9. The Kier molecular flexibility index (Phi) is 5.92. The summed E-state index contributed by atoms with van der Waals surface area (Å²) in [4.78, 5) is 38.6. The number of nitrogens with two attached hydrogens (primary N) is 1. The molecule has 24 heavy (non-hydrogen) atoms. The van der Waals surface area contributed by atoms with Crippen molar-refractivity contribution < 1.29 is 14.4 Å². The number of carbonyl (C=O) groups excluding carboxylic acids is 3. The Bertz CT molecular complexity index is 605. The molecule has 1 aromatic rings. The van der Waals surface area contributed by atoms with Crippen molar-refractivity contribution >= 4 is 17.7 Å². The summed E-state index contributed by atoms with van der Waals surface area (Å²) in [6, 6.07) is 9.30. The Balaban J connectivity index is 1.89. The molecule has 1 aliphatic rings. The molecule has 0 spiro atoms. The Morgan fingerprint density at radius 3 is 2.58 bits per heavy atom. The Labute approximate surface area is 141 Å². The summed E-state index contributed by atoms with van der Waals surface area (Å²) in [5.74, 6) is -0.921. The first-order chi connectivity index (χ1) is 11.4. The lowest BCUT2D eigenvalue weighted by Gasteiger charge is -2.38. The molecule has 0 unspecified atom stereocenters. The van der Waals surface area contributed by atoms with Crippen LogP contribution in [0.1, 0.15) is 25.5 Å². The zero-order valence-corrected chi connectivity index (χ0v) is 14.1. The molecule has 1 heterocycles. The summed E-state index contributed by atoms with van der Waals surface area (Å²) in [5, 5.41) is 3.18. The largest absolute Gasteiger partial charge is 0.368 e. The lowest BCUT2D eigenvalue weighted by Crippen LogP contribution is -2.60. The Hall–Kier alpha value is -2.41. The highest BCUT2D eigenvalue weighted by Crippen LogP contribution is 2.13. The number of rotatable bonds is 6. The van der Waals surface area contributed by atoms with Crippen molar-refractivity contribution in [2.75, 3.05) is 26.2 Å². The molecule has 0 saturated carbocycles. The number of hydrogen-bond donors (Lipinski definition) is 2. The van der Waals surface area contributed by atoms with Crippen molar-refractivity contribution in [1.82, 2.24) is 15.1 Å². The van der Waals surface area contributed by atoms with E-state index in [0.717, 1.165) is 5.56 Å². The van der Waals surface area contributed by atoms with Crippen LogP contribution >= 0.6 is 0 Å². The van der Waals surface area contributed by atoms with Crippen molar-refractivity contribution in [3.63, 3.8) is 0 Å². The quantitative estimate of drug-likeness (QED) is 0.759.